The van der Waals surface area contributed by atoms with Crippen molar-refractivity contribution in [1.82, 2.24) is 10.6 Å². The van der Waals surface area contributed by atoms with Crippen LogP contribution in [0.4, 0.5) is 9.59 Å². The summed E-state index contributed by atoms with van der Waals surface area (Å²) in [4.78, 5) is 56.6. The summed E-state index contributed by atoms with van der Waals surface area (Å²) in [5.41, 5.74) is 10.0. The van der Waals surface area contributed by atoms with E-state index in [1.165, 1.54) is 0 Å². The average Bonchev–Trinajstić information content (AvgIpc) is 3.92. The van der Waals surface area contributed by atoms with Gasteiger partial charge in [0, 0.05) is 17.0 Å². The number of azide groups is 1. The van der Waals surface area contributed by atoms with Crippen LogP contribution in [0, 0.1) is 0 Å². The second kappa shape index (κ2) is 23.3. The fourth-order valence-electron chi connectivity index (χ4n) is 9.13. The molecule has 13 atom stereocenters. The van der Waals surface area contributed by atoms with Gasteiger partial charge in [0.1, 0.15) is 48.8 Å². The minimum atomic E-state index is -2.49. The zero-order valence-electron chi connectivity index (χ0n) is 36.7. The zero-order valence-corrected chi connectivity index (χ0v) is 36.7. The van der Waals surface area contributed by atoms with Crippen LogP contribution >= 0.6 is 0 Å². The molecule has 0 aliphatic carbocycles. The number of ether oxygens (including phenoxy) is 11. The number of hydrogen-bond donors (Lipinski definition) is 4. The molecular formula is C47H61N5O17. The number of carbonyl (C=O) groups is 4. The highest BCUT2D eigenvalue weighted by molar-refractivity contribution is 5.83. The summed E-state index contributed by atoms with van der Waals surface area (Å²) in [6.45, 7) is -0.357. The maximum absolute atomic E-state index is 14.2. The maximum Gasteiger partial charge on any atom is 0.407 e. The fraction of sp³-hybridized carbons (Fsp3) is 0.574. The molecule has 5 aliphatic rings. The SMILES string of the molecule is C.C.COC(=O)[C@@]1(O[C@@H]2COC(c3ccc4ccccc4c3)O[C@H]2[C@@H]2O[C@@](OCCCCCN=[N+]=[N-])(C(=O)OC)C[C@@H]3OC(=O)N[C@@H]23)C[C@@H]2OC(=O)N[C@H]2[C@H]([C@H](O)[C@H](O)COCc2ccccc2)O1. The molecule has 0 saturated carbocycles. The molecule has 1 unspecified atom stereocenters. The van der Waals surface area contributed by atoms with Gasteiger partial charge in [-0.3, -0.25) is 0 Å². The summed E-state index contributed by atoms with van der Waals surface area (Å²) in [7, 11) is 2.23. The molecule has 2 amide bonds. The van der Waals surface area contributed by atoms with Crippen LogP contribution in [0.2, 0.25) is 0 Å². The van der Waals surface area contributed by atoms with Crippen molar-refractivity contribution in [1.29, 1.82) is 0 Å². The number of alkyl carbamates (subject to hydrolysis) is 2. The van der Waals surface area contributed by atoms with Crippen molar-refractivity contribution in [2.75, 3.05) is 40.6 Å². The molecule has 376 valence electrons. The molecule has 0 bridgehead atoms. The Morgan fingerprint density at radius 1 is 0.841 bits per heavy atom. The van der Waals surface area contributed by atoms with Gasteiger partial charge in [0.25, 0.3) is 11.6 Å². The predicted octanol–water partition coefficient (Wildman–Crippen LogP) is 4.62. The Labute approximate surface area is 398 Å². The number of hydrogen-bond acceptors (Lipinski definition) is 18. The number of rotatable bonds is 19. The van der Waals surface area contributed by atoms with Gasteiger partial charge >= 0.3 is 24.1 Å². The van der Waals surface area contributed by atoms with E-state index in [0.29, 0.717) is 24.8 Å². The lowest BCUT2D eigenvalue weighted by Gasteiger charge is -2.50. The van der Waals surface area contributed by atoms with Crippen molar-refractivity contribution < 1.29 is 81.5 Å². The first-order valence-corrected chi connectivity index (χ1v) is 22.0. The van der Waals surface area contributed by atoms with Gasteiger partial charge in [-0.2, -0.15) is 0 Å². The smallest absolute Gasteiger partial charge is 0.407 e. The van der Waals surface area contributed by atoms with E-state index < -0.39 is 109 Å². The van der Waals surface area contributed by atoms with E-state index in [2.05, 4.69) is 20.7 Å². The van der Waals surface area contributed by atoms with Crippen LogP contribution in [-0.2, 0) is 68.3 Å². The molecule has 3 aromatic carbocycles. The van der Waals surface area contributed by atoms with Crippen LogP contribution in [0.3, 0.4) is 0 Å². The summed E-state index contributed by atoms with van der Waals surface area (Å²) >= 11 is 0. The Bertz CT molecular complexity index is 2290. The van der Waals surface area contributed by atoms with Crippen LogP contribution < -0.4 is 10.6 Å². The third kappa shape index (κ3) is 11.5. The maximum atomic E-state index is 14.2. The van der Waals surface area contributed by atoms with E-state index >= 15 is 0 Å². The first-order chi connectivity index (χ1) is 32.5. The lowest BCUT2D eigenvalue weighted by Crippen LogP contribution is -2.69. The van der Waals surface area contributed by atoms with E-state index in [4.69, 9.17) is 57.6 Å². The summed E-state index contributed by atoms with van der Waals surface area (Å²) in [6.07, 6.45) is -13.3. The summed E-state index contributed by atoms with van der Waals surface area (Å²) in [5, 5.41) is 33.7. The first-order valence-electron chi connectivity index (χ1n) is 22.0. The van der Waals surface area contributed by atoms with E-state index in [-0.39, 0.29) is 54.2 Å². The number of carbonyl (C=O) groups excluding carboxylic acids is 4. The molecule has 3 aromatic rings. The number of esters is 2. The molecule has 4 N–H and O–H groups in total. The number of fused-ring (bicyclic) bond motifs is 3. The van der Waals surface area contributed by atoms with E-state index in [9.17, 15) is 29.4 Å². The molecule has 5 heterocycles. The molecule has 0 spiro atoms. The molecule has 0 radical (unpaired) electrons. The van der Waals surface area contributed by atoms with Gasteiger partial charge in [-0.15, -0.1) is 0 Å². The topological polar surface area (TPSA) is 283 Å². The highest BCUT2D eigenvalue weighted by atomic mass is 16.8. The minimum Gasteiger partial charge on any atom is -0.465 e. The van der Waals surface area contributed by atoms with Gasteiger partial charge in [-0.05, 0) is 40.8 Å². The number of methoxy groups -OCH3 is 2. The van der Waals surface area contributed by atoms with Gasteiger partial charge in [0.15, 0.2) is 6.29 Å². The number of aliphatic hydroxyl groups excluding tert-OH is 2. The fourth-order valence-corrected chi connectivity index (χ4v) is 9.13. The summed E-state index contributed by atoms with van der Waals surface area (Å²) in [5.74, 6) is -6.69. The zero-order chi connectivity index (χ0) is 47.1. The van der Waals surface area contributed by atoms with Crippen LogP contribution in [0.15, 0.2) is 77.9 Å². The molecule has 22 nitrogen and oxygen atoms in total. The van der Waals surface area contributed by atoms with Crippen molar-refractivity contribution in [3.63, 3.8) is 0 Å². The standard InChI is InChI=1S/C45H53N5O17.2CH4/c1-57-40(53)44(61-18-10-4-9-17-47-50-46)20-30-34(49-43(56)62-30)38(67-44)36-32(24-60-39(64-36)28-16-15-26-13-7-8-14-27(26)19-28)65-45(41(54)58-2)21-31-33(48-42(55)63-31)37(66-45)35(52)29(51)23-59-22-25-11-5-3-6-12-25;;/h3,5-8,11-16,19,29-39,51-52H,4,9-10,17-18,20-24H2,1-2H3,(H,48,55)(H,49,56);2*1H4/t29-,30+,31+,32-,33-,34-,35-,36-,37-,38-,39?,44-,45-;;/m1../s1. The Morgan fingerprint density at radius 2 is 1.51 bits per heavy atom. The number of benzene rings is 3. The number of aliphatic hydroxyl groups is 2. The Morgan fingerprint density at radius 3 is 2.23 bits per heavy atom. The average molecular weight is 968 g/mol. The molecule has 0 aromatic heterocycles. The number of unbranched alkanes of at least 4 members (excludes halogenated alkanes) is 2. The van der Waals surface area contributed by atoms with Crippen LogP contribution in [0.25, 0.3) is 21.2 Å². The van der Waals surface area contributed by atoms with Crippen molar-refractivity contribution >= 4 is 34.9 Å². The van der Waals surface area contributed by atoms with E-state index in [1.807, 2.05) is 72.8 Å². The number of amides is 2. The van der Waals surface area contributed by atoms with Gasteiger partial charge in [-0.1, -0.05) is 93.1 Å². The van der Waals surface area contributed by atoms with Crippen LogP contribution in [-0.4, -0.2) is 147 Å². The van der Waals surface area contributed by atoms with Crippen molar-refractivity contribution in [3.8, 4) is 0 Å². The third-order valence-corrected chi connectivity index (χ3v) is 12.4. The first kappa shape index (κ1) is 52.7. The molecule has 5 aliphatic heterocycles. The second-order valence-electron chi connectivity index (χ2n) is 16.7. The van der Waals surface area contributed by atoms with Crippen molar-refractivity contribution in [2.24, 2.45) is 5.11 Å². The molecule has 8 rings (SSSR count). The molecule has 69 heavy (non-hydrogen) atoms. The molecule has 5 saturated heterocycles. The highest BCUT2D eigenvalue weighted by Gasteiger charge is 2.64. The summed E-state index contributed by atoms with van der Waals surface area (Å²) < 4.78 is 66.6. The van der Waals surface area contributed by atoms with E-state index in [1.54, 1.807) is 0 Å². The quantitative estimate of drug-likeness (QED) is 0.0318. The van der Waals surface area contributed by atoms with Gasteiger partial charge < -0.3 is 73.0 Å². The minimum absolute atomic E-state index is 0. The second-order valence-corrected chi connectivity index (χ2v) is 16.7. The largest absolute Gasteiger partial charge is 0.465 e. The molecular weight excluding hydrogens is 907 g/mol. The Hall–Kier alpha value is -5.65. The van der Waals surface area contributed by atoms with E-state index in [0.717, 1.165) is 30.6 Å². The van der Waals surface area contributed by atoms with Gasteiger partial charge in [0.2, 0.25) is 0 Å². The van der Waals surface area contributed by atoms with Gasteiger partial charge in [-0.25, -0.2) is 19.2 Å². The van der Waals surface area contributed by atoms with Crippen LogP contribution in [0.1, 0.15) is 64.4 Å². The lowest BCUT2D eigenvalue weighted by molar-refractivity contribution is -0.375. The normalized spacial score (nSPS) is 31.0. The Kier molecular flexibility index (Phi) is 17.8. The highest BCUT2D eigenvalue weighted by Crippen LogP contribution is 2.44. The number of nitrogens with one attached hydrogen (secondary N) is 2. The summed E-state index contributed by atoms with van der Waals surface area (Å²) in [6, 6.07) is 20.3. The van der Waals surface area contributed by atoms with Crippen LogP contribution in [0.5, 0.6) is 0 Å². The van der Waals surface area contributed by atoms with Crippen molar-refractivity contribution in [2.45, 2.75) is 132 Å². The predicted molar refractivity (Wildman–Crippen MR) is 241 cm³/mol. The molecule has 22 heteroatoms. The third-order valence-electron chi connectivity index (χ3n) is 12.4. The number of nitrogens with zero attached hydrogens (tertiary/aromatic N) is 3. The monoisotopic (exact) mass is 967 g/mol. The van der Waals surface area contributed by atoms with Gasteiger partial charge in [0.05, 0.1) is 65.6 Å². The Balaban J connectivity index is 0.00000391. The molecule has 5 fully saturated rings. The lowest BCUT2D eigenvalue weighted by atomic mass is 9.87. The van der Waals surface area contributed by atoms with Crippen molar-refractivity contribution in [3.05, 3.63) is 94.4 Å².